The minimum absolute atomic E-state index is 0.0187. The van der Waals surface area contributed by atoms with Crippen LogP contribution in [0.4, 0.5) is 0 Å². The Bertz CT molecular complexity index is 2040. The van der Waals surface area contributed by atoms with E-state index in [1.165, 1.54) is 35.6 Å². The average molecular weight is 981 g/mol. The van der Waals surface area contributed by atoms with Crippen molar-refractivity contribution in [3.05, 3.63) is 34.2 Å². The van der Waals surface area contributed by atoms with Gasteiger partial charge < -0.3 is 14.5 Å². The van der Waals surface area contributed by atoms with Gasteiger partial charge >= 0.3 is 0 Å². The van der Waals surface area contributed by atoms with Crippen molar-refractivity contribution in [3.8, 4) is 0 Å². The van der Waals surface area contributed by atoms with Gasteiger partial charge in [0, 0.05) is 49.9 Å². The lowest BCUT2D eigenvalue weighted by Gasteiger charge is -2.31. The van der Waals surface area contributed by atoms with Gasteiger partial charge in [-0.05, 0) is 152 Å². The summed E-state index contributed by atoms with van der Waals surface area (Å²) >= 11 is 0. The lowest BCUT2D eigenvalue weighted by molar-refractivity contribution is -0.140. The van der Waals surface area contributed by atoms with Crippen LogP contribution >= 0.6 is 0 Å². The van der Waals surface area contributed by atoms with E-state index in [4.69, 9.17) is 4.74 Å². The molecule has 5 heterocycles. The molecule has 4 aliphatic rings. The lowest BCUT2D eigenvalue weighted by Crippen LogP contribution is -2.42. The van der Waals surface area contributed by atoms with E-state index in [1.54, 1.807) is 0 Å². The van der Waals surface area contributed by atoms with Crippen molar-refractivity contribution in [1.82, 2.24) is 54.8 Å². The third-order valence-electron chi connectivity index (χ3n) is 12.9. The molecule has 14 heteroatoms. The first kappa shape index (κ1) is 62.4. The van der Waals surface area contributed by atoms with Gasteiger partial charge in [0.2, 0.25) is 11.8 Å². The van der Waals surface area contributed by atoms with Crippen LogP contribution in [0.15, 0.2) is 0 Å². The maximum absolute atomic E-state index is 12.5. The number of carbonyl (C=O) groups excluding carboxylic acids is 2. The highest BCUT2D eigenvalue weighted by atomic mass is 16.5. The monoisotopic (exact) mass is 980 g/mol. The molecule has 402 valence electrons. The number of fused-ring (bicyclic) bond motifs is 4. The van der Waals surface area contributed by atoms with E-state index in [1.807, 2.05) is 102 Å². The summed E-state index contributed by atoms with van der Waals surface area (Å²) in [6.45, 7) is 53.9. The molecule has 3 aromatic heterocycles. The predicted octanol–water partition coefficient (Wildman–Crippen LogP) is 11.5. The smallest absolute Gasteiger partial charge is 0.227 e. The van der Waals surface area contributed by atoms with E-state index in [2.05, 4.69) is 119 Å². The fourth-order valence-electron chi connectivity index (χ4n) is 9.46. The standard InChI is InChI=1S/C18H31N3O.2C16H28N4O.3C2H6/c1-17(2,3)21-16-10-8-13-12(7-9-15(16)19-20-21)14(13)11-22-18(4,5)6;1-15(2,3)14(21)19-10-7-8-13-12(9-11-19)17-18-20(13)16(4,5)6;1-15(2,3)14(21)19-10-7-8-12-13(9-11-19)20(18-17-12)16(4,5)6;3*1-2/h12-14H,7-11H2,1-6H3;2*7-11H2,1-6H3;3*1-2H3. The van der Waals surface area contributed by atoms with E-state index < -0.39 is 0 Å². The van der Waals surface area contributed by atoms with Gasteiger partial charge in [-0.25, -0.2) is 14.0 Å². The Labute approximate surface area is 427 Å². The van der Waals surface area contributed by atoms with Crippen molar-refractivity contribution >= 4 is 11.8 Å². The molecule has 2 aliphatic heterocycles. The van der Waals surface area contributed by atoms with Gasteiger partial charge in [-0.2, -0.15) is 0 Å². The quantitative estimate of drug-likeness (QED) is 0.245. The van der Waals surface area contributed by atoms with Gasteiger partial charge in [0.25, 0.3) is 0 Å². The first-order valence-electron chi connectivity index (χ1n) is 27.4. The number of aryl methyl sites for hydroxylation is 2. The average Bonchev–Trinajstić information content (AvgIpc) is 3.57. The molecule has 70 heavy (non-hydrogen) atoms. The summed E-state index contributed by atoms with van der Waals surface area (Å²) in [7, 11) is 0. The van der Waals surface area contributed by atoms with Gasteiger partial charge in [-0.3, -0.25) is 9.59 Å². The summed E-state index contributed by atoms with van der Waals surface area (Å²) in [4.78, 5) is 28.9. The number of hydrogen-bond donors (Lipinski definition) is 0. The van der Waals surface area contributed by atoms with Crippen molar-refractivity contribution in [2.45, 2.75) is 253 Å². The summed E-state index contributed by atoms with van der Waals surface area (Å²) in [6, 6.07) is 0. The maximum Gasteiger partial charge on any atom is 0.227 e. The summed E-state index contributed by atoms with van der Waals surface area (Å²) in [5.74, 6) is 2.92. The molecule has 1 saturated carbocycles. The van der Waals surface area contributed by atoms with E-state index in [-0.39, 0.29) is 44.9 Å². The van der Waals surface area contributed by atoms with Crippen LogP contribution in [0.3, 0.4) is 0 Å². The van der Waals surface area contributed by atoms with Crippen molar-refractivity contribution in [1.29, 1.82) is 0 Å². The molecular weight excluding hydrogens is 875 g/mol. The molecule has 1 fully saturated rings. The Balaban J connectivity index is 0.000000341. The van der Waals surface area contributed by atoms with Crippen LogP contribution in [0.5, 0.6) is 0 Å². The molecule has 0 radical (unpaired) electrons. The highest BCUT2D eigenvalue weighted by molar-refractivity contribution is 5.82. The zero-order valence-electron chi connectivity index (χ0n) is 49.5. The van der Waals surface area contributed by atoms with Crippen molar-refractivity contribution in [3.63, 3.8) is 0 Å². The van der Waals surface area contributed by atoms with Gasteiger partial charge in [0.15, 0.2) is 0 Å². The number of rotatable bonds is 2. The van der Waals surface area contributed by atoms with Crippen LogP contribution in [-0.4, -0.2) is 105 Å². The molecule has 14 nitrogen and oxygen atoms in total. The van der Waals surface area contributed by atoms with E-state index in [0.29, 0.717) is 0 Å². The second-order valence-electron chi connectivity index (χ2n) is 25.0. The fraction of sp³-hybridized carbons (Fsp3) is 0.857. The number of amides is 2. The second-order valence-corrected chi connectivity index (χ2v) is 25.0. The lowest BCUT2D eigenvalue weighted by atomic mass is 9.94. The molecule has 0 N–H and O–H groups in total. The zero-order chi connectivity index (χ0) is 53.8. The third kappa shape index (κ3) is 17.5. The normalized spacial score (nSPS) is 19.5. The first-order valence-corrected chi connectivity index (χ1v) is 27.4. The third-order valence-corrected chi connectivity index (χ3v) is 12.9. The number of nitrogens with zero attached hydrogens (tertiary/aromatic N) is 11. The second kappa shape index (κ2) is 25.8. The van der Waals surface area contributed by atoms with Gasteiger partial charge in [0.05, 0.1) is 63.0 Å². The predicted molar refractivity (Wildman–Crippen MR) is 288 cm³/mol. The maximum atomic E-state index is 12.5. The molecule has 2 aliphatic carbocycles. The highest BCUT2D eigenvalue weighted by Crippen LogP contribution is 2.53. The number of carbonyl (C=O) groups is 2. The molecule has 0 bridgehead atoms. The van der Waals surface area contributed by atoms with Crippen molar-refractivity contribution in [2.75, 3.05) is 32.8 Å². The summed E-state index contributed by atoms with van der Waals surface area (Å²) < 4.78 is 12.2. The Kier molecular flexibility index (Phi) is 23.0. The summed E-state index contributed by atoms with van der Waals surface area (Å²) in [6.07, 6.45) is 10.1. The molecule has 0 spiro atoms. The van der Waals surface area contributed by atoms with Gasteiger partial charge in [-0.1, -0.05) is 98.7 Å². The van der Waals surface area contributed by atoms with E-state index in [0.717, 1.165) is 113 Å². The number of aromatic nitrogens is 9. The number of ether oxygens (including phenoxy) is 1. The molecular formula is C56H105N11O3. The van der Waals surface area contributed by atoms with Crippen LogP contribution in [-0.2, 0) is 69.5 Å². The summed E-state index contributed by atoms with van der Waals surface area (Å²) in [5.41, 5.74) is 6.45. The van der Waals surface area contributed by atoms with Crippen LogP contribution in [0, 0.1) is 28.6 Å². The Morgan fingerprint density at radius 3 is 1.20 bits per heavy atom. The summed E-state index contributed by atoms with van der Waals surface area (Å²) in [5, 5.41) is 26.3. The van der Waals surface area contributed by atoms with Crippen molar-refractivity contribution < 1.29 is 14.3 Å². The SMILES string of the molecule is CC.CC.CC.CC(C)(C)C(=O)N1CCCc2c(nnn2C(C)(C)C)CC1.CC(C)(C)C(=O)N1CCCc2nnn(C(C)(C)C)c2CC1.CC(C)(C)OCC1C2CCc3nnn(C(C)(C)C)c3CCC21. The number of hydrogen-bond acceptors (Lipinski definition) is 9. The Hall–Kier alpha value is -3.68. The van der Waals surface area contributed by atoms with E-state index in [9.17, 15) is 9.59 Å². The minimum Gasteiger partial charge on any atom is -0.376 e. The fourth-order valence-corrected chi connectivity index (χ4v) is 9.46. The molecule has 3 atom stereocenters. The molecule has 3 unspecified atom stereocenters. The van der Waals surface area contributed by atoms with Crippen LogP contribution in [0.25, 0.3) is 0 Å². The largest absolute Gasteiger partial charge is 0.376 e. The van der Waals surface area contributed by atoms with Crippen LogP contribution < -0.4 is 0 Å². The van der Waals surface area contributed by atoms with Crippen molar-refractivity contribution in [2.24, 2.45) is 28.6 Å². The molecule has 7 rings (SSSR count). The zero-order valence-corrected chi connectivity index (χ0v) is 49.5. The Morgan fingerprint density at radius 1 is 0.457 bits per heavy atom. The van der Waals surface area contributed by atoms with Gasteiger partial charge in [-0.15, -0.1) is 15.3 Å². The molecule has 0 saturated heterocycles. The first-order chi connectivity index (χ1) is 32.4. The minimum atomic E-state index is -0.315. The van der Waals surface area contributed by atoms with Gasteiger partial charge in [0.1, 0.15) is 0 Å². The molecule has 0 aromatic carbocycles. The Morgan fingerprint density at radius 2 is 0.800 bits per heavy atom. The van der Waals surface area contributed by atoms with E-state index >= 15 is 0 Å². The highest BCUT2D eigenvalue weighted by Gasteiger charge is 2.50. The topological polar surface area (TPSA) is 142 Å². The molecule has 3 aromatic rings. The van der Waals surface area contributed by atoms with Crippen LogP contribution in [0.2, 0.25) is 0 Å². The molecule has 2 amide bonds. The van der Waals surface area contributed by atoms with Crippen LogP contribution in [0.1, 0.15) is 226 Å².